The first-order valence-corrected chi connectivity index (χ1v) is 8.00. The minimum absolute atomic E-state index is 0.183. The molecule has 0 saturated heterocycles. The molecule has 0 bridgehead atoms. The lowest BCUT2D eigenvalue weighted by molar-refractivity contribution is 0.588. The van der Waals surface area contributed by atoms with Crippen LogP contribution in [-0.2, 0) is 10.0 Å². The van der Waals surface area contributed by atoms with Crippen LogP contribution in [0.2, 0.25) is 0 Å². The van der Waals surface area contributed by atoms with Gasteiger partial charge in [-0.05, 0) is 52.3 Å². The third kappa shape index (κ3) is 2.05. The lowest BCUT2D eigenvalue weighted by Crippen LogP contribution is -2.12. The standard InChI is InChI=1S/C14H9BrFNO2S/c15-14-9-10-8-11(16)6-7-13(10)17(14)20(18,19)12-4-2-1-3-5-12/h1-9H. The molecule has 0 N–H and O–H groups in total. The van der Waals surface area contributed by atoms with Crippen molar-refractivity contribution in [2.45, 2.75) is 4.90 Å². The Morgan fingerprint density at radius 2 is 1.70 bits per heavy atom. The number of fused-ring (bicyclic) bond motifs is 1. The number of aromatic nitrogens is 1. The van der Waals surface area contributed by atoms with Crippen molar-refractivity contribution in [2.75, 3.05) is 0 Å². The van der Waals surface area contributed by atoms with Crippen molar-refractivity contribution in [3.8, 4) is 0 Å². The van der Waals surface area contributed by atoms with Gasteiger partial charge in [-0.15, -0.1) is 0 Å². The largest absolute Gasteiger partial charge is 0.269 e. The van der Waals surface area contributed by atoms with Gasteiger partial charge in [0.1, 0.15) is 10.4 Å². The Morgan fingerprint density at radius 1 is 1.00 bits per heavy atom. The molecule has 0 aliphatic rings. The van der Waals surface area contributed by atoms with Crippen molar-refractivity contribution >= 4 is 36.9 Å². The monoisotopic (exact) mass is 353 g/mol. The van der Waals surface area contributed by atoms with Gasteiger partial charge in [-0.2, -0.15) is 0 Å². The zero-order valence-electron chi connectivity index (χ0n) is 10.1. The lowest BCUT2D eigenvalue weighted by Gasteiger charge is -2.09. The smallest absolute Gasteiger partial charge is 0.227 e. The quantitative estimate of drug-likeness (QED) is 0.703. The second-order valence-electron chi connectivity index (χ2n) is 4.25. The molecule has 20 heavy (non-hydrogen) atoms. The molecule has 1 aromatic heterocycles. The van der Waals surface area contributed by atoms with E-state index >= 15 is 0 Å². The van der Waals surface area contributed by atoms with Crippen molar-refractivity contribution < 1.29 is 12.8 Å². The maximum atomic E-state index is 13.2. The summed E-state index contributed by atoms with van der Waals surface area (Å²) in [6, 6.07) is 13.7. The Bertz CT molecular complexity index is 888. The molecule has 2 aromatic carbocycles. The van der Waals surface area contributed by atoms with Crippen molar-refractivity contribution in [2.24, 2.45) is 0 Å². The molecule has 0 spiro atoms. The molecular weight excluding hydrogens is 345 g/mol. The maximum Gasteiger partial charge on any atom is 0.269 e. The van der Waals surface area contributed by atoms with E-state index in [1.807, 2.05) is 0 Å². The number of hydrogen-bond donors (Lipinski definition) is 0. The highest BCUT2D eigenvalue weighted by molar-refractivity contribution is 9.10. The minimum Gasteiger partial charge on any atom is -0.227 e. The Hall–Kier alpha value is -1.66. The Labute approximate surface area is 123 Å². The number of nitrogens with zero attached hydrogens (tertiary/aromatic N) is 1. The second kappa shape index (κ2) is 4.71. The van der Waals surface area contributed by atoms with Gasteiger partial charge in [0.05, 0.1) is 10.4 Å². The van der Waals surface area contributed by atoms with E-state index in [1.54, 1.807) is 24.3 Å². The third-order valence-corrected chi connectivity index (χ3v) is 5.52. The summed E-state index contributed by atoms with van der Waals surface area (Å²) >= 11 is 3.23. The molecule has 0 aliphatic heterocycles. The van der Waals surface area contributed by atoms with Crippen LogP contribution in [0.4, 0.5) is 4.39 Å². The van der Waals surface area contributed by atoms with E-state index in [2.05, 4.69) is 15.9 Å². The van der Waals surface area contributed by atoms with E-state index in [4.69, 9.17) is 0 Å². The van der Waals surface area contributed by atoms with E-state index < -0.39 is 15.8 Å². The van der Waals surface area contributed by atoms with E-state index in [0.29, 0.717) is 15.5 Å². The molecule has 6 heteroatoms. The first-order valence-electron chi connectivity index (χ1n) is 5.77. The molecular formula is C14H9BrFNO2S. The summed E-state index contributed by atoms with van der Waals surface area (Å²) in [4.78, 5) is 0.183. The molecule has 102 valence electrons. The zero-order chi connectivity index (χ0) is 14.3. The van der Waals surface area contributed by atoms with Gasteiger partial charge in [-0.25, -0.2) is 16.8 Å². The summed E-state index contributed by atoms with van der Waals surface area (Å²) < 4.78 is 40.1. The normalized spacial score (nSPS) is 11.9. The molecule has 3 nitrogen and oxygen atoms in total. The van der Waals surface area contributed by atoms with Crippen LogP contribution in [0.3, 0.4) is 0 Å². The van der Waals surface area contributed by atoms with Crippen molar-refractivity contribution in [3.05, 3.63) is 65.0 Å². The van der Waals surface area contributed by atoms with Crippen LogP contribution in [0.15, 0.2) is 64.1 Å². The molecule has 0 unspecified atom stereocenters. The Balaban J connectivity index is 2.32. The SMILES string of the molecule is O=S(=O)(c1ccccc1)n1c(Br)cc2cc(F)ccc21. The van der Waals surface area contributed by atoms with Crippen LogP contribution in [-0.4, -0.2) is 12.4 Å². The van der Waals surface area contributed by atoms with Gasteiger partial charge >= 0.3 is 0 Å². The summed E-state index contributed by atoms with van der Waals surface area (Å²) in [6.07, 6.45) is 0. The van der Waals surface area contributed by atoms with Gasteiger partial charge < -0.3 is 0 Å². The van der Waals surface area contributed by atoms with E-state index in [-0.39, 0.29) is 4.90 Å². The average molecular weight is 354 g/mol. The minimum atomic E-state index is -3.72. The Kier molecular flexibility index (Phi) is 3.14. The average Bonchev–Trinajstić information content (AvgIpc) is 2.75. The predicted octanol–water partition coefficient (Wildman–Crippen LogP) is 3.78. The van der Waals surface area contributed by atoms with Gasteiger partial charge in [-0.3, -0.25) is 0 Å². The molecule has 0 saturated carbocycles. The molecule has 0 aliphatic carbocycles. The van der Waals surface area contributed by atoms with Gasteiger partial charge in [0.15, 0.2) is 0 Å². The molecule has 0 radical (unpaired) electrons. The van der Waals surface area contributed by atoms with E-state index in [1.165, 1.54) is 30.3 Å². The summed E-state index contributed by atoms with van der Waals surface area (Å²) in [5.41, 5.74) is 0.433. The van der Waals surface area contributed by atoms with Gasteiger partial charge in [-0.1, -0.05) is 18.2 Å². The van der Waals surface area contributed by atoms with Crippen LogP contribution >= 0.6 is 15.9 Å². The fourth-order valence-electron chi connectivity index (χ4n) is 2.07. The maximum absolute atomic E-state index is 13.2. The molecule has 3 aromatic rings. The topological polar surface area (TPSA) is 39.1 Å². The summed E-state index contributed by atoms with van der Waals surface area (Å²) in [5, 5.41) is 0.524. The summed E-state index contributed by atoms with van der Waals surface area (Å²) in [6.45, 7) is 0. The Morgan fingerprint density at radius 3 is 2.40 bits per heavy atom. The summed E-state index contributed by atoms with van der Waals surface area (Å²) in [7, 11) is -3.72. The highest BCUT2D eigenvalue weighted by Gasteiger charge is 2.21. The predicted molar refractivity (Wildman–Crippen MR) is 78.6 cm³/mol. The van der Waals surface area contributed by atoms with Gasteiger partial charge in [0, 0.05) is 5.39 Å². The van der Waals surface area contributed by atoms with Crippen molar-refractivity contribution in [1.82, 2.24) is 3.97 Å². The van der Waals surface area contributed by atoms with Crippen LogP contribution < -0.4 is 0 Å². The second-order valence-corrected chi connectivity index (χ2v) is 6.85. The van der Waals surface area contributed by atoms with Crippen LogP contribution in [0.1, 0.15) is 0 Å². The van der Waals surface area contributed by atoms with Gasteiger partial charge in [0.2, 0.25) is 0 Å². The fourth-order valence-corrected chi connectivity index (χ4v) is 4.50. The lowest BCUT2D eigenvalue weighted by atomic mass is 10.2. The number of benzene rings is 2. The van der Waals surface area contributed by atoms with E-state index in [0.717, 1.165) is 3.97 Å². The first kappa shape index (κ1) is 13.3. The molecule has 1 heterocycles. The third-order valence-electron chi connectivity index (χ3n) is 2.96. The molecule has 0 atom stereocenters. The van der Waals surface area contributed by atoms with Crippen LogP contribution in [0, 0.1) is 5.82 Å². The number of rotatable bonds is 2. The molecule has 0 amide bonds. The number of halogens is 2. The van der Waals surface area contributed by atoms with Crippen molar-refractivity contribution in [3.63, 3.8) is 0 Å². The molecule has 0 fully saturated rings. The number of hydrogen-bond acceptors (Lipinski definition) is 2. The summed E-state index contributed by atoms with van der Waals surface area (Å²) in [5.74, 6) is -0.403. The highest BCUT2D eigenvalue weighted by atomic mass is 79.9. The van der Waals surface area contributed by atoms with E-state index in [9.17, 15) is 12.8 Å². The zero-order valence-corrected chi connectivity index (χ0v) is 12.5. The first-order chi connectivity index (χ1) is 9.50. The van der Waals surface area contributed by atoms with Crippen molar-refractivity contribution in [1.29, 1.82) is 0 Å². The van der Waals surface area contributed by atoms with Crippen LogP contribution in [0.5, 0.6) is 0 Å². The fraction of sp³-hybridized carbons (Fsp3) is 0. The molecule has 3 rings (SSSR count). The van der Waals surface area contributed by atoms with Crippen LogP contribution in [0.25, 0.3) is 10.9 Å². The van der Waals surface area contributed by atoms with Gasteiger partial charge in [0.25, 0.3) is 10.0 Å². The highest BCUT2D eigenvalue weighted by Crippen LogP contribution is 2.29.